The number of halogens is 1. The smallest absolute Gasteiger partial charge is 0.206 e. The van der Waals surface area contributed by atoms with Gasteiger partial charge in [-0.15, -0.1) is 0 Å². The molecule has 0 spiro atoms. The zero-order valence-corrected chi connectivity index (χ0v) is 14.2. The van der Waals surface area contributed by atoms with Crippen molar-refractivity contribution in [2.24, 2.45) is 0 Å². The van der Waals surface area contributed by atoms with Gasteiger partial charge in [0.2, 0.25) is 12.3 Å². The van der Waals surface area contributed by atoms with Gasteiger partial charge in [0.15, 0.2) is 12.4 Å². The van der Waals surface area contributed by atoms with Crippen LogP contribution < -0.4 is 26.3 Å². The molecule has 0 radical (unpaired) electrons. The molecule has 0 aliphatic heterocycles. The summed E-state index contributed by atoms with van der Waals surface area (Å²) in [4.78, 5) is 12.2. The number of hydrogen-bond acceptors (Lipinski definition) is 2. The minimum Gasteiger partial charge on any atom is -1.00 e. The molecule has 0 fully saturated rings. The maximum Gasteiger partial charge on any atom is 0.206 e. The number of benzene rings is 1. The van der Waals surface area contributed by atoms with Crippen molar-refractivity contribution < 1.29 is 31.1 Å². The zero-order chi connectivity index (χ0) is 14.5. The summed E-state index contributed by atoms with van der Waals surface area (Å²) in [6.07, 6.45) is 4.28. The quantitative estimate of drug-likeness (QED) is 0.676. The van der Waals surface area contributed by atoms with Gasteiger partial charge in [-0.2, -0.15) is 4.57 Å². The first-order chi connectivity index (χ1) is 9.60. The highest BCUT2D eigenvalue weighted by atomic mass is 79.9. The highest BCUT2D eigenvalue weighted by Crippen LogP contribution is 2.22. The lowest BCUT2D eigenvalue weighted by molar-refractivity contribution is -0.684. The van der Waals surface area contributed by atoms with Crippen LogP contribution in [-0.4, -0.2) is 12.9 Å². The van der Waals surface area contributed by atoms with E-state index < -0.39 is 0 Å². The van der Waals surface area contributed by atoms with Gasteiger partial charge in [0.25, 0.3) is 0 Å². The second-order valence-corrected chi connectivity index (χ2v) is 5.00. The number of ketones is 1. The van der Waals surface area contributed by atoms with Crippen LogP contribution in [0.15, 0.2) is 42.7 Å². The minimum absolute atomic E-state index is 0. The lowest BCUT2D eigenvalue weighted by atomic mass is 9.97. The number of nitrogens with zero attached hydrogens (tertiary/aromatic N) is 1. The molecule has 0 saturated carbocycles. The van der Waals surface area contributed by atoms with Gasteiger partial charge in [-0.1, -0.05) is 6.07 Å². The second-order valence-electron chi connectivity index (χ2n) is 5.00. The number of methoxy groups -OCH3 is 1. The molecule has 0 amide bonds. The van der Waals surface area contributed by atoms with Gasteiger partial charge in [0.05, 0.1) is 7.11 Å². The second kappa shape index (κ2) is 7.93. The summed E-state index contributed by atoms with van der Waals surface area (Å²) in [5.41, 5.74) is 3.31. The van der Waals surface area contributed by atoms with Crippen molar-refractivity contribution in [1.82, 2.24) is 0 Å². The molecule has 2 aromatic rings. The van der Waals surface area contributed by atoms with Gasteiger partial charge < -0.3 is 21.7 Å². The number of aryl methyl sites for hydroxylation is 2. The normalized spacial score (nSPS) is 9.86. The molecule has 0 unspecified atom stereocenters. The zero-order valence-electron chi connectivity index (χ0n) is 12.6. The molecule has 0 aliphatic rings. The van der Waals surface area contributed by atoms with Crippen molar-refractivity contribution >= 4 is 5.78 Å². The molecule has 0 aliphatic carbocycles. The summed E-state index contributed by atoms with van der Waals surface area (Å²) in [5.74, 6) is 1.05. The summed E-state index contributed by atoms with van der Waals surface area (Å²) in [6.45, 7) is 4.45. The van der Waals surface area contributed by atoms with Crippen LogP contribution in [0.25, 0.3) is 0 Å². The van der Waals surface area contributed by atoms with E-state index in [4.69, 9.17) is 4.74 Å². The van der Waals surface area contributed by atoms with E-state index in [2.05, 4.69) is 0 Å². The van der Waals surface area contributed by atoms with Gasteiger partial charge in [-0.25, -0.2) is 0 Å². The Morgan fingerprint density at radius 2 is 1.67 bits per heavy atom. The molecule has 3 nitrogen and oxygen atoms in total. The number of hydrogen-bond donors (Lipinski definition) is 0. The van der Waals surface area contributed by atoms with Gasteiger partial charge in [-0.3, -0.25) is 4.79 Å². The highest BCUT2D eigenvalue weighted by molar-refractivity contribution is 5.80. The number of rotatable bonds is 5. The topological polar surface area (TPSA) is 30.2 Å². The average molecular weight is 350 g/mol. The van der Waals surface area contributed by atoms with Gasteiger partial charge in [0, 0.05) is 18.6 Å². The molecule has 21 heavy (non-hydrogen) atoms. The summed E-state index contributed by atoms with van der Waals surface area (Å²) in [7, 11) is 1.66. The fourth-order valence-corrected chi connectivity index (χ4v) is 2.35. The standard InChI is InChI=1S/C17H20NO2.BrH/c1-13-9-16(20-3)10-14(2)17(13)11-15(19)12-18-7-5-4-6-8-18;/h4-10H,11-12H2,1-3H3;1H/q+1;/p-1. The molecule has 0 saturated heterocycles. The fraction of sp³-hybridized carbons (Fsp3) is 0.294. The molecule has 4 heteroatoms. The van der Waals surface area contributed by atoms with Crippen molar-refractivity contribution in [3.8, 4) is 5.75 Å². The van der Waals surface area contributed by atoms with E-state index in [1.54, 1.807) is 7.11 Å². The lowest BCUT2D eigenvalue weighted by Crippen LogP contribution is -3.00. The first kappa shape index (κ1) is 17.4. The Morgan fingerprint density at radius 3 is 2.19 bits per heavy atom. The minimum atomic E-state index is 0. The molecule has 1 aromatic carbocycles. The molecule has 112 valence electrons. The van der Waals surface area contributed by atoms with Gasteiger partial charge in [0.1, 0.15) is 5.75 Å². The number of pyridine rings is 1. The number of Topliss-reactive ketones (excluding diaryl/α,β-unsaturated/α-hetero) is 1. The van der Waals surface area contributed by atoms with E-state index >= 15 is 0 Å². The number of ether oxygens (including phenoxy) is 1. The Bertz CT molecular complexity index is 588. The van der Waals surface area contributed by atoms with Crippen molar-refractivity contribution in [1.29, 1.82) is 0 Å². The van der Waals surface area contributed by atoms with E-state index in [-0.39, 0.29) is 22.8 Å². The first-order valence-electron chi connectivity index (χ1n) is 6.70. The van der Waals surface area contributed by atoms with Crippen LogP contribution in [0, 0.1) is 13.8 Å². The lowest BCUT2D eigenvalue weighted by Gasteiger charge is -2.11. The molecule has 0 atom stereocenters. The van der Waals surface area contributed by atoms with Crippen LogP contribution >= 0.6 is 0 Å². The third kappa shape index (κ3) is 4.67. The van der Waals surface area contributed by atoms with E-state index in [9.17, 15) is 4.79 Å². The summed E-state index contributed by atoms with van der Waals surface area (Å²) in [6, 6.07) is 9.75. The molecule has 1 heterocycles. The maximum absolute atomic E-state index is 12.2. The van der Waals surface area contributed by atoms with Crippen molar-refractivity contribution in [3.63, 3.8) is 0 Å². The van der Waals surface area contributed by atoms with Crippen LogP contribution in [0.4, 0.5) is 0 Å². The molecule has 1 aromatic heterocycles. The van der Waals surface area contributed by atoms with Crippen LogP contribution in [0.1, 0.15) is 16.7 Å². The van der Waals surface area contributed by atoms with Crippen molar-refractivity contribution in [3.05, 3.63) is 59.4 Å². The predicted octanol–water partition coefficient (Wildman–Crippen LogP) is -0.585. The first-order valence-corrected chi connectivity index (χ1v) is 6.70. The van der Waals surface area contributed by atoms with Crippen molar-refractivity contribution in [2.45, 2.75) is 26.8 Å². The Balaban J connectivity index is 0.00000220. The number of carbonyl (C=O) groups is 1. The number of carbonyl (C=O) groups excluding carboxylic acids is 1. The number of aromatic nitrogens is 1. The van der Waals surface area contributed by atoms with Crippen LogP contribution in [0.2, 0.25) is 0 Å². The van der Waals surface area contributed by atoms with E-state index in [1.807, 2.05) is 61.1 Å². The highest BCUT2D eigenvalue weighted by Gasteiger charge is 2.14. The summed E-state index contributed by atoms with van der Waals surface area (Å²) in [5, 5.41) is 0. The van der Waals surface area contributed by atoms with Crippen LogP contribution in [-0.2, 0) is 17.8 Å². The third-order valence-electron chi connectivity index (χ3n) is 3.42. The van der Waals surface area contributed by atoms with Crippen LogP contribution in [0.5, 0.6) is 5.75 Å². The molecule has 0 N–H and O–H groups in total. The summed E-state index contributed by atoms with van der Waals surface area (Å²) >= 11 is 0. The maximum atomic E-state index is 12.2. The average Bonchev–Trinajstić information content (AvgIpc) is 2.43. The largest absolute Gasteiger partial charge is 1.00 e. The van der Waals surface area contributed by atoms with E-state index in [1.165, 1.54) is 0 Å². The Morgan fingerprint density at radius 1 is 1.10 bits per heavy atom. The Hall–Kier alpha value is -1.68. The van der Waals surface area contributed by atoms with Crippen LogP contribution in [0.3, 0.4) is 0 Å². The SMILES string of the molecule is COc1cc(C)c(CC(=O)C[n+]2ccccc2)c(C)c1.[Br-]. The molecular formula is C17H20BrNO2. The molecule has 2 rings (SSSR count). The van der Waals surface area contributed by atoms with E-state index in [0.717, 1.165) is 22.4 Å². The van der Waals surface area contributed by atoms with Crippen molar-refractivity contribution in [2.75, 3.05) is 7.11 Å². The predicted molar refractivity (Wildman–Crippen MR) is 77.8 cm³/mol. The van der Waals surface area contributed by atoms with E-state index in [0.29, 0.717) is 13.0 Å². The molecule has 0 bridgehead atoms. The third-order valence-corrected chi connectivity index (χ3v) is 3.42. The fourth-order valence-electron chi connectivity index (χ4n) is 2.35. The van der Waals surface area contributed by atoms with Gasteiger partial charge in [-0.05, 0) is 42.7 Å². The Labute approximate surface area is 136 Å². The monoisotopic (exact) mass is 349 g/mol. The summed E-state index contributed by atoms with van der Waals surface area (Å²) < 4.78 is 7.14. The Kier molecular flexibility index (Phi) is 6.56. The van der Waals surface area contributed by atoms with Gasteiger partial charge >= 0.3 is 0 Å². The molecular weight excluding hydrogens is 330 g/mol.